The third-order valence-electron chi connectivity index (χ3n) is 6.13. The van der Waals surface area contributed by atoms with Crippen molar-refractivity contribution in [1.82, 2.24) is 14.5 Å². The molecule has 0 unspecified atom stereocenters. The van der Waals surface area contributed by atoms with Gasteiger partial charge in [-0.05, 0) is 61.2 Å². The number of ether oxygens (including phenoxy) is 1. The predicted molar refractivity (Wildman–Crippen MR) is 135 cm³/mol. The van der Waals surface area contributed by atoms with Crippen molar-refractivity contribution in [3.05, 3.63) is 95.7 Å². The van der Waals surface area contributed by atoms with E-state index < -0.39 is 0 Å². The molecule has 0 aliphatic rings. The smallest absolute Gasteiger partial charge is 0.220 e. The number of pyridine rings is 2. The topological polar surface area (TPSA) is 60.2 Å². The van der Waals surface area contributed by atoms with Gasteiger partial charge in [0, 0.05) is 49.5 Å². The van der Waals surface area contributed by atoms with Crippen LogP contribution in [0.4, 0.5) is 0 Å². The van der Waals surface area contributed by atoms with Crippen molar-refractivity contribution in [3.8, 4) is 23.2 Å². The van der Waals surface area contributed by atoms with Gasteiger partial charge in [-0.2, -0.15) is 0 Å². The zero-order valence-corrected chi connectivity index (χ0v) is 21.7. The van der Waals surface area contributed by atoms with E-state index in [0.717, 1.165) is 49.7 Å². The molecule has 0 fully saturated rings. The second-order valence-corrected chi connectivity index (χ2v) is 8.65. The zero-order valence-electron chi connectivity index (χ0n) is 19.4. The first-order valence-corrected chi connectivity index (χ1v) is 11.2. The summed E-state index contributed by atoms with van der Waals surface area (Å²) in [5.74, 6) is 1.97. The van der Waals surface area contributed by atoms with Crippen molar-refractivity contribution in [2.45, 2.75) is 20.8 Å². The van der Waals surface area contributed by atoms with E-state index in [1.54, 1.807) is 12.3 Å². The maximum atomic E-state index is 10.4. The van der Waals surface area contributed by atoms with Crippen LogP contribution in [0.5, 0.6) is 17.4 Å². The molecule has 35 heavy (non-hydrogen) atoms. The molecule has 5 nitrogen and oxygen atoms in total. The molecule has 0 atom stereocenters. The molecule has 0 spiro atoms. The van der Waals surface area contributed by atoms with Gasteiger partial charge >= 0.3 is 0 Å². The Kier molecular flexibility index (Phi) is 5.82. The van der Waals surface area contributed by atoms with E-state index in [4.69, 9.17) is 4.74 Å². The number of benzene rings is 3. The molecule has 0 amide bonds. The fraction of sp³-hybridized carbons (Fsp3) is 0.103. The van der Waals surface area contributed by atoms with Gasteiger partial charge < -0.3 is 14.4 Å². The standard InChI is InChI=1S/C29H22N3O2.Pt/c1-17-12-20-14-19(3)29(31-28(20)25(33)13-17)34-21-15-18(2)27-22-8-4-5-9-23(22)32(24(27)16-21)26-10-6-7-11-30-26;/h4-15,33H,1-3H3;/q-1;. The van der Waals surface area contributed by atoms with E-state index in [9.17, 15) is 5.11 Å². The minimum Gasteiger partial charge on any atom is -0.506 e. The van der Waals surface area contributed by atoms with E-state index in [1.165, 1.54) is 0 Å². The average Bonchev–Trinajstić information content (AvgIpc) is 3.15. The van der Waals surface area contributed by atoms with Crippen LogP contribution in [0.25, 0.3) is 38.5 Å². The van der Waals surface area contributed by atoms with Gasteiger partial charge in [-0.3, -0.25) is 0 Å². The molecule has 0 aliphatic heterocycles. The molecule has 6 rings (SSSR count). The van der Waals surface area contributed by atoms with Crippen molar-refractivity contribution in [2.75, 3.05) is 0 Å². The number of para-hydroxylation sites is 1. The van der Waals surface area contributed by atoms with Crippen LogP contribution in [-0.2, 0) is 21.1 Å². The molecule has 6 heteroatoms. The number of aromatic nitrogens is 3. The number of fused-ring (bicyclic) bond motifs is 4. The van der Waals surface area contributed by atoms with Crippen LogP contribution in [0, 0.1) is 26.8 Å². The first kappa shape index (κ1) is 23.1. The minimum absolute atomic E-state index is 0. The van der Waals surface area contributed by atoms with E-state index in [-0.39, 0.29) is 26.8 Å². The van der Waals surface area contributed by atoms with Crippen molar-refractivity contribution >= 4 is 32.7 Å². The van der Waals surface area contributed by atoms with Crippen LogP contribution in [-0.4, -0.2) is 19.6 Å². The number of phenolic OH excluding ortho intramolecular Hbond substituents is 1. The van der Waals surface area contributed by atoms with Gasteiger partial charge in [0.15, 0.2) is 0 Å². The summed E-state index contributed by atoms with van der Waals surface area (Å²) in [6, 6.07) is 25.3. The number of rotatable bonds is 3. The van der Waals surface area contributed by atoms with Gasteiger partial charge in [-0.25, -0.2) is 9.97 Å². The number of aryl methyl sites for hydroxylation is 3. The van der Waals surface area contributed by atoms with E-state index in [2.05, 4.69) is 39.7 Å². The molecule has 0 saturated heterocycles. The zero-order chi connectivity index (χ0) is 23.4. The summed E-state index contributed by atoms with van der Waals surface area (Å²) in [7, 11) is 0. The predicted octanol–water partition coefficient (Wildman–Crippen LogP) is 6.95. The van der Waals surface area contributed by atoms with E-state index >= 15 is 0 Å². The molecule has 1 N–H and O–H groups in total. The summed E-state index contributed by atoms with van der Waals surface area (Å²) in [6.45, 7) is 5.98. The van der Waals surface area contributed by atoms with Crippen LogP contribution >= 0.6 is 0 Å². The van der Waals surface area contributed by atoms with Gasteiger partial charge in [0.1, 0.15) is 17.1 Å². The first-order chi connectivity index (χ1) is 16.5. The fourth-order valence-corrected chi connectivity index (χ4v) is 4.67. The van der Waals surface area contributed by atoms with Gasteiger partial charge in [-0.15, -0.1) is 17.7 Å². The third-order valence-corrected chi connectivity index (χ3v) is 6.13. The summed E-state index contributed by atoms with van der Waals surface area (Å²) >= 11 is 0. The van der Waals surface area contributed by atoms with Crippen LogP contribution in [0.1, 0.15) is 16.7 Å². The molecule has 0 saturated carbocycles. The fourth-order valence-electron chi connectivity index (χ4n) is 4.67. The average molecular weight is 640 g/mol. The van der Waals surface area contributed by atoms with Gasteiger partial charge in [0.25, 0.3) is 0 Å². The summed E-state index contributed by atoms with van der Waals surface area (Å²) in [6.07, 6.45) is 1.79. The molecule has 6 aromatic rings. The molecule has 3 heterocycles. The van der Waals surface area contributed by atoms with Gasteiger partial charge in [-0.1, -0.05) is 42.1 Å². The van der Waals surface area contributed by atoms with Crippen molar-refractivity contribution in [3.63, 3.8) is 0 Å². The molecule has 0 aliphatic carbocycles. The molecular weight excluding hydrogens is 617 g/mol. The number of hydrogen-bond acceptors (Lipinski definition) is 4. The molecule has 0 radical (unpaired) electrons. The van der Waals surface area contributed by atoms with Gasteiger partial charge in [0.2, 0.25) is 5.88 Å². The molecule has 0 bridgehead atoms. The van der Waals surface area contributed by atoms with Crippen LogP contribution in [0.3, 0.4) is 0 Å². The van der Waals surface area contributed by atoms with Crippen molar-refractivity contribution in [1.29, 1.82) is 0 Å². The molecule has 3 aromatic carbocycles. The Morgan fingerprint density at radius 2 is 1.71 bits per heavy atom. The van der Waals surface area contributed by atoms with Crippen LogP contribution in [0.15, 0.2) is 72.9 Å². The molecular formula is C29H22N3O2Pt-. The van der Waals surface area contributed by atoms with E-state index in [0.29, 0.717) is 17.1 Å². The number of nitrogens with zero attached hydrogens (tertiary/aromatic N) is 3. The van der Waals surface area contributed by atoms with Crippen LogP contribution < -0.4 is 4.74 Å². The largest absolute Gasteiger partial charge is 0.506 e. The summed E-state index contributed by atoms with van der Waals surface area (Å²) in [5, 5.41) is 13.6. The number of hydrogen-bond donors (Lipinski definition) is 1. The normalized spacial score (nSPS) is 11.2. The Bertz CT molecular complexity index is 1730. The second-order valence-electron chi connectivity index (χ2n) is 8.65. The first-order valence-electron chi connectivity index (χ1n) is 11.2. The quantitative estimate of drug-likeness (QED) is 0.213. The van der Waals surface area contributed by atoms with E-state index in [1.807, 2.05) is 62.4 Å². The summed E-state index contributed by atoms with van der Waals surface area (Å²) in [4.78, 5) is 9.22. The summed E-state index contributed by atoms with van der Waals surface area (Å²) < 4.78 is 8.38. The maximum absolute atomic E-state index is 10.4. The Morgan fingerprint density at radius 1 is 0.914 bits per heavy atom. The van der Waals surface area contributed by atoms with Gasteiger partial charge in [0.05, 0.1) is 0 Å². The Balaban J connectivity index is 0.00000253. The number of phenols is 1. The monoisotopic (exact) mass is 639 g/mol. The minimum atomic E-state index is 0. The van der Waals surface area contributed by atoms with Crippen LogP contribution in [0.2, 0.25) is 0 Å². The second kappa shape index (κ2) is 8.83. The van der Waals surface area contributed by atoms with Crippen molar-refractivity contribution < 1.29 is 30.9 Å². The Labute approximate surface area is 217 Å². The molecule has 176 valence electrons. The maximum Gasteiger partial charge on any atom is 0.220 e. The third kappa shape index (κ3) is 3.86. The van der Waals surface area contributed by atoms with Crippen molar-refractivity contribution in [2.24, 2.45) is 0 Å². The Morgan fingerprint density at radius 3 is 2.51 bits per heavy atom. The SMILES string of the molecule is Cc1cc(O)c2nc(Oc3[c-]c4c(c(C)c3)c3ccccc3n4-c3ccccn3)c(C)cc2c1.[Pt]. The summed E-state index contributed by atoms with van der Waals surface area (Å²) in [5.41, 5.74) is 5.42. The molecule has 3 aromatic heterocycles. The Hall–Kier alpha value is -3.69. The number of aromatic hydroxyl groups is 1.